The monoisotopic (exact) mass is 309 g/mol. The third-order valence-electron chi connectivity index (χ3n) is 4.21. The molecule has 1 aliphatic carbocycles. The van der Waals surface area contributed by atoms with E-state index in [1.165, 1.54) is 19.3 Å². The zero-order valence-electron chi connectivity index (χ0n) is 13.1. The lowest BCUT2D eigenvalue weighted by atomic mass is 10.2. The highest BCUT2D eigenvalue weighted by molar-refractivity contribution is 7.99. The summed E-state index contributed by atoms with van der Waals surface area (Å²) in [5.74, 6) is 0. The molecule has 118 valence electrons. The molecule has 1 N–H and O–H groups in total. The number of hydrogen-bond donors (Lipinski definition) is 1. The van der Waals surface area contributed by atoms with E-state index in [9.17, 15) is 5.11 Å². The smallest absolute Gasteiger partial charge is 0.0900 e. The predicted octanol–water partition coefficient (Wildman–Crippen LogP) is 2.78. The molecule has 1 aliphatic rings. The molecule has 2 rings (SSSR count). The fraction of sp³-hybridized carbons (Fsp3) is 0.647. The second-order valence-electron chi connectivity index (χ2n) is 5.87. The maximum atomic E-state index is 10.1. The van der Waals surface area contributed by atoms with Gasteiger partial charge in [-0.25, -0.2) is 0 Å². The van der Waals surface area contributed by atoms with Crippen LogP contribution in [0.25, 0.3) is 0 Å². The van der Waals surface area contributed by atoms with Crippen molar-refractivity contribution in [3.8, 4) is 0 Å². The maximum absolute atomic E-state index is 10.1. The molecule has 3 nitrogen and oxygen atoms in total. The standard InChI is InChI=1S/C17H27NO2S/c1-18(16-9-6-10-17(16)21-2)11-15(19)13-20-12-14-7-4-3-5-8-14/h3-5,7-8,15-17,19H,6,9-13H2,1-2H3. The number of likely N-dealkylation sites (N-methyl/N-ethyl adjacent to an activating group) is 1. The van der Waals surface area contributed by atoms with E-state index in [0.717, 1.165) is 5.56 Å². The van der Waals surface area contributed by atoms with Crippen LogP contribution in [0.15, 0.2) is 30.3 Å². The Kier molecular flexibility index (Phi) is 7.04. The maximum Gasteiger partial charge on any atom is 0.0900 e. The summed E-state index contributed by atoms with van der Waals surface area (Å²) in [6.45, 7) is 1.66. The Bertz CT molecular complexity index is 401. The van der Waals surface area contributed by atoms with Gasteiger partial charge in [0.2, 0.25) is 0 Å². The molecule has 21 heavy (non-hydrogen) atoms. The van der Waals surface area contributed by atoms with Crippen LogP contribution in [0.1, 0.15) is 24.8 Å². The van der Waals surface area contributed by atoms with Crippen molar-refractivity contribution in [3.05, 3.63) is 35.9 Å². The number of nitrogens with zero attached hydrogens (tertiary/aromatic N) is 1. The van der Waals surface area contributed by atoms with E-state index in [-0.39, 0.29) is 0 Å². The van der Waals surface area contributed by atoms with Crippen molar-refractivity contribution in [1.29, 1.82) is 0 Å². The van der Waals surface area contributed by atoms with Crippen LogP contribution in [-0.4, -0.2) is 53.9 Å². The van der Waals surface area contributed by atoms with Crippen molar-refractivity contribution in [2.24, 2.45) is 0 Å². The zero-order valence-corrected chi connectivity index (χ0v) is 13.9. The molecule has 0 aliphatic heterocycles. The minimum absolute atomic E-state index is 0.399. The van der Waals surface area contributed by atoms with Gasteiger partial charge in [-0.2, -0.15) is 11.8 Å². The summed E-state index contributed by atoms with van der Waals surface area (Å²) in [5.41, 5.74) is 1.15. The van der Waals surface area contributed by atoms with E-state index < -0.39 is 6.10 Å². The number of benzene rings is 1. The molecular formula is C17H27NO2S. The third-order valence-corrected chi connectivity index (χ3v) is 5.36. The molecule has 4 heteroatoms. The first-order valence-corrected chi connectivity index (χ1v) is 9.02. The molecule has 0 amide bonds. The van der Waals surface area contributed by atoms with E-state index in [0.29, 0.717) is 31.1 Å². The van der Waals surface area contributed by atoms with Gasteiger partial charge >= 0.3 is 0 Å². The molecule has 0 spiro atoms. The lowest BCUT2D eigenvalue weighted by Crippen LogP contribution is -2.41. The number of aliphatic hydroxyl groups is 1. The van der Waals surface area contributed by atoms with Crippen LogP contribution >= 0.6 is 11.8 Å². The number of aliphatic hydroxyl groups excluding tert-OH is 1. The van der Waals surface area contributed by atoms with Crippen molar-refractivity contribution < 1.29 is 9.84 Å². The van der Waals surface area contributed by atoms with Gasteiger partial charge in [0, 0.05) is 17.8 Å². The molecule has 3 unspecified atom stereocenters. The molecule has 0 heterocycles. The van der Waals surface area contributed by atoms with Crippen molar-refractivity contribution in [2.45, 2.75) is 43.3 Å². The first-order valence-electron chi connectivity index (χ1n) is 7.73. The number of rotatable bonds is 8. The lowest BCUT2D eigenvalue weighted by Gasteiger charge is -2.30. The van der Waals surface area contributed by atoms with Crippen molar-refractivity contribution in [2.75, 3.05) is 26.5 Å². The third kappa shape index (κ3) is 5.29. The molecule has 1 saturated carbocycles. The van der Waals surface area contributed by atoms with Crippen LogP contribution in [0.5, 0.6) is 0 Å². The van der Waals surface area contributed by atoms with Crippen LogP contribution in [0.4, 0.5) is 0 Å². The Balaban J connectivity index is 1.68. The quantitative estimate of drug-likeness (QED) is 0.800. The largest absolute Gasteiger partial charge is 0.389 e. The highest BCUT2D eigenvalue weighted by Crippen LogP contribution is 2.31. The van der Waals surface area contributed by atoms with E-state index in [4.69, 9.17) is 4.74 Å². The second-order valence-corrected chi connectivity index (χ2v) is 6.94. The Morgan fingerprint density at radius 2 is 2.10 bits per heavy atom. The summed E-state index contributed by atoms with van der Waals surface area (Å²) in [5, 5.41) is 10.9. The first-order chi connectivity index (χ1) is 10.2. The first kappa shape index (κ1) is 16.8. The normalized spacial score (nSPS) is 23.6. The fourth-order valence-corrected chi connectivity index (χ4v) is 4.15. The van der Waals surface area contributed by atoms with Gasteiger partial charge in [-0.1, -0.05) is 36.8 Å². The highest BCUT2D eigenvalue weighted by atomic mass is 32.2. The Morgan fingerprint density at radius 3 is 2.81 bits per heavy atom. The van der Waals surface area contributed by atoms with Crippen molar-refractivity contribution >= 4 is 11.8 Å². The molecule has 0 radical (unpaired) electrons. The van der Waals surface area contributed by atoms with Gasteiger partial charge in [-0.3, -0.25) is 4.90 Å². The molecule has 0 bridgehead atoms. The van der Waals surface area contributed by atoms with Gasteiger partial charge < -0.3 is 9.84 Å². The Hall–Kier alpha value is -0.550. The van der Waals surface area contributed by atoms with Gasteiger partial charge in [0.1, 0.15) is 0 Å². The predicted molar refractivity (Wildman–Crippen MR) is 89.7 cm³/mol. The minimum Gasteiger partial charge on any atom is -0.389 e. The van der Waals surface area contributed by atoms with E-state index in [2.05, 4.69) is 18.2 Å². The molecule has 0 saturated heterocycles. The van der Waals surface area contributed by atoms with Crippen molar-refractivity contribution in [3.63, 3.8) is 0 Å². The SMILES string of the molecule is CSC1CCCC1N(C)CC(O)COCc1ccccc1. The Morgan fingerprint density at radius 1 is 1.33 bits per heavy atom. The molecule has 1 aromatic rings. The Labute approximate surface area is 132 Å². The average molecular weight is 309 g/mol. The topological polar surface area (TPSA) is 32.7 Å². The minimum atomic E-state index is -0.415. The summed E-state index contributed by atoms with van der Waals surface area (Å²) < 4.78 is 5.62. The molecule has 1 fully saturated rings. The van der Waals surface area contributed by atoms with Crippen LogP contribution in [0, 0.1) is 0 Å². The second kappa shape index (κ2) is 8.79. The van der Waals surface area contributed by atoms with Gasteiger partial charge in [0.25, 0.3) is 0 Å². The van der Waals surface area contributed by atoms with Crippen LogP contribution in [0.2, 0.25) is 0 Å². The van der Waals surface area contributed by atoms with E-state index >= 15 is 0 Å². The van der Waals surface area contributed by atoms with Gasteiger partial charge in [-0.05, 0) is 31.7 Å². The van der Waals surface area contributed by atoms with Gasteiger partial charge in [-0.15, -0.1) is 0 Å². The van der Waals surface area contributed by atoms with E-state index in [1.54, 1.807) is 0 Å². The van der Waals surface area contributed by atoms with Gasteiger partial charge in [0.05, 0.1) is 19.3 Å². The van der Waals surface area contributed by atoms with Gasteiger partial charge in [0.15, 0.2) is 0 Å². The molecular weight excluding hydrogens is 282 g/mol. The lowest BCUT2D eigenvalue weighted by molar-refractivity contribution is 0.00831. The van der Waals surface area contributed by atoms with Crippen LogP contribution in [-0.2, 0) is 11.3 Å². The summed E-state index contributed by atoms with van der Waals surface area (Å²) in [6.07, 6.45) is 5.63. The molecule has 3 atom stereocenters. The number of ether oxygens (including phenoxy) is 1. The fourth-order valence-electron chi connectivity index (χ4n) is 3.09. The summed E-state index contributed by atoms with van der Waals surface area (Å²) in [7, 11) is 2.12. The van der Waals surface area contributed by atoms with Crippen molar-refractivity contribution in [1.82, 2.24) is 4.90 Å². The molecule has 0 aromatic heterocycles. The van der Waals surface area contributed by atoms with Crippen LogP contribution < -0.4 is 0 Å². The zero-order chi connectivity index (χ0) is 15.1. The number of thioether (sulfide) groups is 1. The van der Waals surface area contributed by atoms with E-state index in [1.807, 2.05) is 42.1 Å². The molecule has 1 aromatic carbocycles. The van der Waals surface area contributed by atoms with Crippen LogP contribution in [0.3, 0.4) is 0 Å². The number of hydrogen-bond acceptors (Lipinski definition) is 4. The summed E-state index contributed by atoms with van der Waals surface area (Å²) in [4.78, 5) is 2.31. The highest BCUT2D eigenvalue weighted by Gasteiger charge is 2.30. The summed E-state index contributed by atoms with van der Waals surface area (Å²) in [6, 6.07) is 10.7. The average Bonchev–Trinajstić information content (AvgIpc) is 2.97. The summed E-state index contributed by atoms with van der Waals surface area (Å²) >= 11 is 1.96.